The van der Waals surface area contributed by atoms with Gasteiger partial charge in [0.1, 0.15) is 0 Å². The number of aldehydes is 1. The summed E-state index contributed by atoms with van der Waals surface area (Å²) in [5.41, 5.74) is 0. The van der Waals surface area contributed by atoms with Crippen LogP contribution in [0, 0.1) is 11.8 Å². The predicted octanol–water partition coefficient (Wildman–Crippen LogP) is 2.97. The van der Waals surface area contributed by atoms with E-state index in [1.807, 2.05) is 0 Å². The third-order valence-corrected chi connectivity index (χ3v) is 5.17. The summed E-state index contributed by atoms with van der Waals surface area (Å²) in [6.45, 7) is 2.27. The molecule has 0 amide bonds. The van der Waals surface area contributed by atoms with Gasteiger partial charge in [-0.05, 0) is 24.7 Å². The third kappa shape index (κ3) is 2.23. The molecule has 2 unspecified atom stereocenters. The fourth-order valence-electron chi connectivity index (χ4n) is 3.25. The average molecular weight is 250 g/mol. The summed E-state index contributed by atoms with van der Waals surface area (Å²) >= 11 is 1.53. The molecule has 17 heavy (non-hydrogen) atoms. The minimum atomic E-state index is 0.741. The summed E-state index contributed by atoms with van der Waals surface area (Å²) in [6.07, 6.45) is 9.53. The Morgan fingerprint density at radius 2 is 2.12 bits per heavy atom. The van der Waals surface area contributed by atoms with Gasteiger partial charge in [0.25, 0.3) is 0 Å². The van der Waals surface area contributed by atoms with Crippen molar-refractivity contribution in [3.63, 3.8) is 0 Å². The van der Waals surface area contributed by atoms with Crippen LogP contribution in [-0.2, 0) is 0 Å². The molecule has 1 saturated heterocycles. The first-order chi connectivity index (χ1) is 8.36. The largest absolute Gasteiger partial charge is 0.348 e. The lowest BCUT2D eigenvalue weighted by Gasteiger charge is -2.41. The maximum atomic E-state index is 10.7. The van der Waals surface area contributed by atoms with E-state index >= 15 is 0 Å². The first-order valence-corrected chi connectivity index (χ1v) is 7.34. The second kappa shape index (κ2) is 4.77. The highest BCUT2D eigenvalue weighted by Gasteiger charge is 2.31. The number of thiazole rings is 1. The number of fused-ring (bicyclic) bond motifs is 1. The zero-order valence-corrected chi connectivity index (χ0v) is 10.8. The van der Waals surface area contributed by atoms with Crippen LogP contribution in [0.3, 0.4) is 0 Å². The summed E-state index contributed by atoms with van der Waals surface area (Å²) in [7, 11) is 0. The quantitative estimate of drug-likeness (QED) is 0.757. The number of rotatable bonds is 2. The number of piperidine rings is 1. The van der Waals surface area contributed by atoms with Gasteiger partial charge in [-0.3, -0.25) is 4.79 Å². The summed E-state index contributed by atoms with van der Waals surface area (Å²) < 4.78 is 0. The zero-order valence-electron chi connectivity index (χ0n) is 9.97. The summed E-state index contributed by atoms with van der Waals surface area (Å²) in [6, 6.07) is 0. The van der Waals surface area contributed by atoms with E-state index in [0.717, 1.165) is 41.2 Å². The molecule has 0 bridgehead atoms. The molecule has 92 valence electrons. The minimum Gasteiger partial charge on any atom is -0.348 e. The Kier molecular flexibility index (Phi) is 3.14. The highest BCUT2D eigenvalue weighted by Crippen LogP contribution is 2.38. The van der Waals surface area contributed by atoms with Crippen molar-refractivity contribution in [2.75, 3.05) is 18.0 Å². The lowest BCUT2D eigenvalue weighted by Crippen LogP contribution is -2.41. The molecule has 1 saturated carbocycles. The van der Waals surface area contributed by atoms with E-state index in [2.05, 4.69) is 9.88 Å². The molecular weight excluding hydrogens is 232 g/mol. The topological polar surface area (TPSA) is 33.2 Å². The second-order valence-corrected chi connectivity index (χ2v) is 6.24. The molecule has 2 aliphatic rings. The van der Waals surface area contributed by atoms with Gasteiger partial charge >= 0.3 is 0 Å². The van der Waals surface area contributed by atoms with Gasteiger partial charge in [-0.2, -0.15) is 0 Å². The number of anilines is 1. The minimum absolute atomic E-state index is 0.741. The van der Waals surface area contributed by atoms with Gasteiger partial charge in [-0.15, -0.1) is 0 Å². The zero-order chi connectivity index (χ0) is 11.7. The number of carbonyl (C=O) groups is 1. The van der Waals surface area contributed by atoms with E-state index < -0.39 is 0 Å². The Balaban J connectivity index is 1.70. The normalized spacial score (nSPS) is 28.8. The van der Waals surface area contributed by atoms with Crippen LogP contribution in [0.5, 0.6) is 0 Å². The lowest BCUT2D eigenvalue weighted by molar-refractivity contribution is 0.112. The Morgan fingerprint density at radius 3 is 2.88 bits per heavy atom. The molecule has 4 heteroatoms. The second-order valence-electron chi connectivity index (χ2n) is 5.20. The summed E-state index contributed by atoms with van der Waals surface area (Å²) in [5.74, 6) is 1.81. The van der Waals surface area contributed by atoms with Crippen molar-refractivity contribution in [3.05, 3.63) is 11.1 Å². The fraction of sp³-hybridized carbons (Fsp3) is 0.692. The summed E-state index contributed by atoms with van der Waals surface area (Å²) in [5, 5.41) is 1.04. The number of nitrogens with zero attached hydrogens (tertiary/aromatic N) is 2. The maximum absolute atomic E-state index is 10.7. The van der Waals surface area contributed by atoms with Gasteiger partial charge in [0.15, 0.2) is 11.4 Å². The number of carbonyl (C=O) groups excluding carboxylic acids is 1. The number of hydrogen-bond donors (Lipinski definition) is 0. The van der Waals surface area contributed by atoms with Crippen molar-refractivity contribution < 1.29 is 4.79 Å². The Labute approximate surface area is 106 Å². The first kappa shape index (κ1) is 11.2. The molecule has 3 nitrogen and oxygen atoms in total. The van der Waals surface area contributed by atoms with Gasteiger partial charge in [0.05, 0.1) is 11.1 Å². The van der Waals surface area contributed by atoms with Crippen LogP contribution in [0.15, 0.2) is 6.20 Å². The van der Waals surface area contributed by atoms with Crippen molar-refractivity contribution in [2.24, 2.45) is 11.8 Å². The molecule has 1 aromatic rings. The van der Waals surface area contributed by atoms with Crippen molar-refractivity contribution >= 4 is 22.8 Å². The molecular formula is C13H18N2OS. The molecule has 1 aromatic heterocycles. The monoisotopic (exact) mass is 250 g/mol. The van der Waals surface area contributed by atoms with Crippen molar-refractivity contribution in [1.29, 1.82) is 0 Å². The molecule has 3 rings (SSSR count). The van der Waals surface area contributed by atoms with Gasteiger partial charge in [0.2, 0.25) is 0 Å². The Bertz CT molecular complexity index is 404. The number of hydrogen-bond acceptors (Lipinski definition) is 4. The smallest absolute Gasteiger partial charge is 0.185 e. The predicted molar refractivity (Wildman–Crippen MR) is 69.8 cm³/mol. The fourth-order valence-corrected chi connectivity index (χ4v) is 4.02. The van der Waals surface area contributed by atoms with Gasteiger partial charge < -0.3 is 4.90 Å². The molecule has 2 heterocycles. The van der Waals surface area contributed by atoms with Crippen LogP contribution < -0.4 is 4.90 Å². The molecule has 0 radical (unpaired) electrons. The van der Waals surface area contributed by atoms with Crippen LogP contribution in [0.4, 0.5) is 5.13 Å². The molecule has 0 spiro atoms. The Morgan fingerprint density at radius 1 is 1.29 bits per heavy atom. The molecule has 0 N–H and O–H groups in total. The van der Waals surface area contributed by atoms with Crippen LogP contribution in [-0.4, -0.2) is 24.4 Å². The van der Waals surface area contributed by atoms with Crippen LogP contribution in [0.25, 0.3) is 0 Å². The van der Waals surface area contributed by atoms with Gasteiger partial charge in [-0.25, -0.2) is 4.98 Å². The summed E-state index contributed by atoms with van der Waals surface area (Å²) in [4.78, 5) is 18.2. The SMILES string of the molecule is O=Cc1cnc(N2CCC3CCCCC3C2)s1. The van der Waals surface area contributed by atoms with E-state index in [9.17, 15) is 4.79 Å². The van der Waals surface area contributed by atoms with E-state index in [-0.39, 0.29) is 0 Å². The van der Waals surface area contributed by atoms with E-state index in [4.69, 9.17) is 0 Å². The van der Waals surface area contributed by atoms with E-state index in [0.29, 0.717) is 0 Å². The first-order valence-electron chi connectivity index (χ1n) is 6.53. The standard InChI is InChI=1S/C13H18N2OS/c16-9-12-7-14-13(17-12)15-6-5-10-3-1-2-4-11(10)8-15/h7,9-11H,1-6,8H2. The molecule has 0 aromatic carbocycles. The van der Waals surface area contributed by atoms with E-state index in [1.54, 1.807) is 6.20 Å². The Hall–Kier alpha value is -0.900. The van der Waals surface area contributed by atoms with Crippen LogP contribution in [0.2, 0.25) is 0 Å². The average Bonchev–Trinajstić information content (AvgIpc) is 2.87. The van der Waals surface area contributed by atoms with Crippen molar-refractivity contribution in [3.8, 4) is 0 Å². The highest BCUT2D eigenvalue weighted by molar-refractivity contribution is 7.17. The third-order valence-electron chi connectivity index (χ3n) is 4.19. The molecule has 1 aliphatic carbocycles. The highest BCUT2D eigenvalue weighted by atomic mass is 32.1. The lowest BCUT2D eigenvalue weighted by atomic mass is 9.75. The molecule has 2 atom stereocenters. The van der Waals surface area contributed by atoms with Crippen LogP contribution >= 0.6 is 11.3 Å². The molecule has 2 fully saturated rings. The van der Waals surface area contributed by atoms with Gasteiger partial charge in [0, 0.05) is 13.1 Å². The van der Waals surface area contributed by atoms with E-state index in [1.165, 1.54) is 43.4 Å². The van der Waals surface area contributed by atoms with Gasteiger partial charge in [-0.1, -0.05) is 30.6 Å². The van der Waals surface area contributed by atoms with Crippen molar-refractivity contribution in [2.45, 2.75) is 32.1 Å². The molecule has 1 aliphatic heterocycles. The number of aromatic nitrogens is 1. The van der Waals surface area contributed by atoms with Crippen molar-refractivity contribution in [1.82, 2.24) is 4.98 Å². The van der Waals surface area contributed by atoms with Crippen LogP contribution in [0.1, 0.15) is 41.8 Å². The maximum Gasteiger partial charge on any atom is 0.185 e.